The molecule has 1 aliphatic rings. The summed E-state index contributed by atoms with van der Waals surface area (Å²) in [7, 11) is 1.68. The van der Waals surface area contributed by atoms with Crippen LogP contribution < -0.4 is 4.74 Å². The fourth-order valence-corrected chi connectivity index (χ4v) is 3.54. The maximum Gasteiger partial charge on any atom is 0.233 e. The Labute approximate surface area is 130 Å². The summed E-state index contributed by atoms with van der Waals surface area (Å²) in [6.07, 6.45) is 2.56. The summed E-state index contributed by atoms with van der Waals surface area (Å²) >= 11 is 1.65. The number of carbonyl (C=O) groups is 1. The zero-order valence-electron chi connectivity index (χ0n) is 12.3. The number of ether oxygens (including phenoxy) is 2. The lowest BCUT2D eigenvalue weighted by Gasteiger charge is -2.25. The molecule has 4 nitrogen and oxygen atoms in total. The van der Waals surface area contributed by atoms with Gasteiger partial charge in [0.2, 0.25) is 5.91 Å². The first-order valence-corrected chi connectivity index (χ1v) is 8.05. The Hall–Kier alpha value is -1.46. The molecule has 1 unspecified atom stereocenters. The molecule has 5 heteroatoms. The summed E-state index contributed by atoms with van der Waals surface area (Å²) in [5.74, 6) is 1.52. The van der Waals surface area contributed by atoms with Crippen molar-refractivity contribution in [3.8, 4) is 5.75 Å². The average Bonchev–Trinajstić information content (AvgIpc) is 2.87. The second-order valence-corrected chi connectivity index (χ2v) is 5.80. The molecular weight excluding hydrogens is 286 g/mol. The van der Waals surface area contributed by atoms with E-state index in [1.165, 1.54) is 0 Å². The van der Waals surface area contributed by atoms with Gasteiger partial charge in [-0.05, 0) is 12.5 Å². The minimum atomic E-state index is 0.0235. The summed E-state index contributed by atoms with van der Waals surface area (Å²) < 4.78 is 10.8. The van der Waals surface area contributed by atoms with Crippen LogP contribution in [0.25, 0.3) is 0 Å². The van der Waals surface area contributed by atoms with E-state index < -0.39 is 0 Å². The number of para-hydroxylation sites is 1. The van der Waals surface area contributed by atoms with Gasteiger partial charge >= 0.3 is 0 Å². The van der Waals surface area contributed by atoms with Crippen LogP contribution in [0.1, 0.15) is 17.4 Å². The predicted molar refractivity (Wildman–Crippen MR) is 85.5 cm³/mol. The normalized spacial score (nSPS) is 18.0. The van der Waals surface area contributed by atoms with Gasteiger partial charge in [0.15, 0.2) is 0 Å². The highest BCUT2D eigenvalue weighted by Gasteiger charge is 2.33. The molecule has 0 N–H and O–H groups in total. The standard InChI is InChI=1S/C16H21NO3S/c1-3-10-20-14-8-5-4-7-13(14)16-17(9-6-11-19-2)15(18)12-21-16/h3-5,7-8,16H,1,6,9-12H2,2H3. The number of hydrogen-bond donors (Lipinski definition) is 0. The van der Waals surface area contributed by atoms with Crippen molar-refractivity contribution < 1.29 is 14.3 Å². The fourth-order valence-electron chi connectivity index (χ4n) is 2.30. The van der Waals surface area contributed by atoms with Crippen LogP contribution in [-0.4, -0.2) is 43.4 Å². The zero-order valence-corrected chi connectivity index (χ0v) is 13.1. The maximum absolute atomic E-state index is 12.1. The Balaban J connectivity index is 2.15. The third-order valence-corrected chi connectivity index (χ3v) is 4.50. The van der Waals surface area contributed by atoms with Crippen molar-refractivity contribution in [1.82, 2.24) is 4.90 Å². The van der Waals surface area contributed by atoms with E-state index in [4.69, 9.17) is 9.47 Å². The summed E-state index contributed by atoms with van der Waals surface area (Å²) in [5.41, 5.74) is 1.05. The Morgan fingerprint density at radius 3 is 3.05 bits per heavy atom. The molecule has 1 saturated heterocycles. The van der Waals surface area contributed by atoms with Crippen LogP contribution in [0, 0.1) is 0 Å². The number of hydrogen-bond acceptors (Lipinski definition) is 4. The van der Waals surface area contributed by atoms with Gasteiger partial charge in [0.05, 0.1) is 5.75 Å². The van der Waals surface area contributed by atoms with Gasteiger partial charge in [-0.2, -0.15) is 0 Å². The number of nitrogens with zero attached hydrogens (tertiary/aromatic N) is 1. The molecule has 1 heterocycles. The highest BCUT2D eigenvalue weighted by molar-refractivity contribution is 8.00. The lowest BCUT2D eigenvalue weighted by Crippen LogP contribution is -2.30. The van der Waals surface area contributed by atoms with Gasteiger partial charge in [0.25, 0.3) is 0 Å². The molecule has 0 aliphatic carbocycles. The molecule has 21 heavy (non-hydrogen) atoms. The van der Waals surface area contributed by atoms with E-state index >= 15 is 0 Å². The summed E-state index contributed by atoms with van der Waals surface area (Å²) in [5, 5.41) is 0.0235. The Kier molecular flexibility index (Phi) is 6.14. The van der Waals surface area contributed by atoms with Crippen molar-refractivity contribution in [3.63, 3.8) is 0 Å². The second-order valence-electron chi connectivity index (χ2n) is 4.73. The molecule has 1 amide bonds. The fraction of sp³-hybridized carbons (Fsp3) is 0.438. The van der Waals surface area contributed by atoms with Crippen LogP contribution in [0.2, 0.25) is 0 Å². The second kappa shape index (κ2) is 8.10. The molecule has 1 atom stereocenters. The SMILES string of the molecule is C=CCOc1ccccc1C1SCC(=O)N1CCCOC. The molecule has 0 saturated carbocycles. The minimum Gasteiger partial charge on any atom is -0.489 e. The summed E-state index contributed by atoms with van der Waals surface area (Å²) in [4.78, 5) is 14.0. The van der Waals surface area contributed by atoms with Crippen LogP contribution in [0.5, 0.6) is 5.75 Å². The van der Waals surface area contributed by atoms with E-state index in [1.807, 2.05) is 29.2 Å². The van der Waals surface area contributed by atoms with Gasteiger partial charge in [-0.1, -0.05) is 30.9 Å². The van der Waals surface area contributed by atoms with Crippen LogP contribution in [-0.2, 0) is 9.53 Å². The molecular formula is C16H21NO3S. The predicted octanol–water partition coefficient (Wildman–Crippen LogP) is 2.86. The topological polar surface area (TPSA) is 38.8 Å². The minimum absolute atomic E-state index is 0.0235. The van der Waals surface area contributed by atoms with Gasteiger partial charge in [-0.15, -0.1) is 11.8 Å². The Bertz CT molecular complexity index is 492. The van der Waals surface area contributed by atoms with E-state index in [2.05, 4.69) is 6.58 Å². The first kappa shape index (κ1) is 15.9. The van der Waals surface area contributed by atoms with Crippen molar-refractivity contribution in [2.45, 2.75) is 11.8 Å². The Morgan fingerprint density at radius 2 is 2.29 bits per heavy atom. The van der Waals surface area contributed by atoms with Crippen LogP contribution in [0.15, 0.2) is 36.9 Å². The Morgan fingerprint density at radius 1 is 1.48 bits per heavy atom. The van der Waals surface area contributed by atoms with Gasteiger partial charge in [-0.3, -0.25) is 4.79 Å². The smallest absolute Gasteiger partial charge is 0.233 e. The van der Waals surface area contributed by atoms with E-state index in [1.54, 1.807) is 24.9 Å². The van der Waals surface area contributed by atoms with Gasteiger partial charge in [0.1, 0.15) is 17.7 Å². The molecule has 2 rings (SSSR count). The average molecular weight is 307 g/mol. The highest BCUT2D eigenvalue weighted by Crippen LogP contribution is 2.42. The highest BCUT2D eigenvalue weighted by atomic mass is 32.2. The van der Waals surface area contributed by atoms with E-state index in [9.17, 15) is 4.79 Å². The monoisotopic (exact) mass is 307 g/mol. The lowest BCUT2D eigenvalue weighted by atomic mass is 10.1. The third kappa shape index (κ3) is 4.02. The van der Waals surface area contributed by atoms with Gasteiger partial charge in [-0.25, -0.2) is 0 Å². The van der Waals surface area contributed by atoms with Crippen molar-refractivity contribution in [3.05, 3.63) is 42.5 Å². The van der Waals surface area contributed by atoms with Crippen molar-refractivity contribution >= 4 is 17.7 Å². The zero-order chi connectivity index (χ0) is 15.1. The quantitative estimate of drug-likeness (QED) is 0.547. The number of amides is 1. The summed E-state index contributed by atoms with van der Waals surface area (Å²) in [6, 6.07) is 7.89. The van der Waals surface area contributed by atoms with Gasteiger partial charge in [0, 0.05) is 25.8 Å². The summed E-state index contributed by atoms with van der Waals surface area (Å²) in [6.45, 7) is 5.51. The molecule has 1 aromatic carbocycles. The first-order chi connectivity index (χ1) is 10.3. The van der Waals surface area contributed by atoms with E-state index in [-0.39, 0.29) is 11.3 Å². The maximum atomic E-state index is 12.1. The molecule has 0 bridgehead atoms. The van der Waals surface area contributed by atoms with Crippen molar-refractivity contribution in [1.29, 1.82) is 0 Å². The largest absolute Gasteiger partial charge is 0.489 e. The van der Waals surface area contributed by atoms with Crippen molar-refractivity contribution in [2.24, 2.45) is 0 Å². The van der Waals surface area contributed by atoms with Crippen LogP contribution in [0.4, 0.5) is 0 Å². The number of benzene rings is 1. The number of methoxy groups -OCH3 is 1. The molecule has 0 spiro atoms. The van der Waals surface area contributed by atoms with Gasteiger partial charge < -0.3 is 14.4 Å². The molecule has 114 valence electrons. The molecule has 1 aliphatic heterocycles. The van der Waals surface area contributed by atoms with Crippen molar-refractivity contribution in [2.75, 3.05) is 32.6 Å². The molecule has 0 aromatic heterocycles. The molecule has 0 radical (unpaired) electrons. The first-order valence-electron chi connectivity index (χ1n) is 7.00. The van der Waals surface area contributed by atoms with Crippen LogP contribution >= 0.6 is 11.8 Å². The van der Waals surface area contributed by atoms with E-state index in [0.717, 1.165) is 17.7 Å². The third-order valence-electron chi connectivity index (χ3n) is 3.26. The lowest BCUT2D eigenvalue weighted by molar-refractivity contribution is -0.128. The molecule has 1 aromatic rings. The van der Waals surface area contributed by atoms with Crippen LogP contribution in [0.3, 0.4) is 0 Å². The molecule has 1 fully saturated rings. The van der Waals surface area contributed by atoms with E-state index in [0.29, 0.717) is 25.5 Å². The number of carbonyl (C=O) groups excluding carboxylic acids is 1. The number of rotatable bonds is 8. The number of thioether (sulfide) groups is 1.